The molecule has 0 radical (unpaired) electrons. The highest BCUT2D eigenvalue weighted by Crippen LogP contribution is 2.24. The summed E-state index contributed by atoms with van der Waals surface area (Å²) in [4.78, 5) is 12.5. The van der Waals surface area contributed by atoms with E-state index in [-0.39, 0.29) is 5.78 Å². The van der Waals surface area contributed by atoms with Crippen LogP contribution in [0.1, 0.15) is 28.4 Å². The van der Waals surface area contributed by atoms with E-state index in [2.05, 4.69) is 0 Å². The Balaban J connectivity index is 2.39. The largest absolute Gasteiger partial charge is 0.328 e. The third-order valence-electron chi connectivity index (χ3n) is 2.98. The molecular formula is C16H17O3P. The van der Waals surface area contributed by atoms with Crippen LogP contribution in [-0.4, -0.2) is 12.4 Å². The van der Waals surface area contributed by atoms with Gasteiger partial charge in [0.2, 0.25) is 8.03 Å². The minimum Gasteiger partial charge on any atom is -0.328 e. The van der Waals surface area contributed by atoms with Gasteiger partial charge < -0.3 is 4.52 Å². The SMILES string of the molecule is CCO[PH](=O)c1ccccc1C(=O)c1ccc(C)cc1. The van der Waals surface area contributed by atoms with Crippen LogP contribution < -0.4 is 5.30 Å². The zero-order valence-electron chi connectivity index (χ0n) is 11.6. The molecule has 0 bridgehead atoms. The lowest BCUT2D eigenvalue weighted by atomic mass is 10.0. The van der Waals surface area contributed by atoms with Gasteiger partial charge in [-0.2, -0.15) is 0 Å². The molecule has 4 heteroatoms. The first-order valence-corrected chi connectivity index (χ1v) is 7.82. The van der Waals surface area contributed by atoms with Crippen LogP contribution in [0.2, 0.25) is 0 Å². The lowest BCUT2D eigenvalue weighted by Crippen LogP contribution is -2.13. The predicted octanol–water partition coefficient (Wildman–Crippen LogP) is 3.36. The van der Waals surface area contributed by atoms with Crippen molar-refractivity contribution in [2.75, 3.05) is 6.61 Å². The van der Waals surface area contributed by atoms with E-state index >= 15 is 0 Å². The standard InChI is InChI=1S/C16H17O3P/c1-3-19-20(18)15-7-5-4-6-14(15)16(17)13-10-8-12(2)9-11-13/h4-11,20H,3H2,1-2H3. The Kier molecular flexibility index (Phi) is 4.89. The lowest BCUT2D eigenvalue weighted by Gasteiger charge is -2.08. The van der Waals surface area contributed by atoms with Gasteiger partial charge in [-0.1, -0.05) is 48.0 Å². The van der Waals surface area contributed by atoms with E-state index in [9.17, 15) is 9.36 Å². The van der Waals surface area contributed by atoms with Crippen molar-refractivity contribution in [3.8, 4) is 0 Å². The summed E-state index contributed by atoms with van der Waals surface area (Å²) < 4.78 is 17.2. The molecule has 0 saturated heterocycles. The highest BCUT2D eigenvalue weighted by atomic mass is 31.1. The monoisotopic (exact) mass is 288 g/mol. The molecule has 0 heterocycles. The Morgan fingerprint density at radius 1 is 1.10 bits per heavy atom. The van der Waals surface area contributed by atoms with Crippen molar-refractivity contribution in [3.05, 3.63) is 65.2 Å². The number of hydrogen-bond donors (Lipinski definition) is 0. The van der Waals surface area contributed by atoms with Gasteiger partial charge in [0.1, 0.15) is 0 Å². The fourth-order valence-electron chi connectivity index (χ4n) is 1.93. The second kappa shape index (κ2) is 6.65. The molecule has 3 nitrogen and oxygen atoms in total. The first-order valence-electron chi connectivity index (χ1n) is 6.51. The third kappa shape index (κ3) is 3.24. The number of carbonyl (C=O) groups is 1. The van der Waals surface area contributed by atoms with Gasteiger partial charge >= 0.3 is 0 Å². The molecule has 0 spiro atoms. The Morgan fingerprint density at radius 2 is 1.75 bits per heavy atom. The highest BCUT2D eigenvalue weighted by molar-refractivity contribution is 7.48. The van der Waals surface area contributed by atoms with Gasteiger partial charge in [-0.3, -0.25) is 9.36 Å². The number of ketones is 1. The van der Waals surface area contributed by atoms with Crippen molar-refractivity contribution < 1.29 is 13.9 Å². The van der Waals surface area contributed by atoms with Gasteiger partial charge in [0.05, 0.1) is 6.61 Å². The van der Waals surface area contributed by atoms with Gasteiger partial charge in [-0.15, -0.1) is 0 Å². The summed E-state index contributed by atoms with van der Waals surface area (Å²) in [5.41, 5.74) is 2.14. The molecule has 0 fully saturated rings. The quantitative estimate of drug-likeness (QED) is 0.626. The van der Waals surface area contributed by atoms with E-state index in [1.165, 1.54) is 0 Å². The molecule has 0 aliphatic carbocycles. The number of rotatable bonds is 5. The summed E-state index contributed by atoms with van der Waals surface area (Å²) in [5.74, 6) is -0.126. The van der Waals surface area contributed by atoms with E-state index in [1.807, 2.05) is 19.1 Å². The maximum atomic E-state index is 12.5. The molecule has 0 aliphatic heterocycles. The average Bonchev–Trinajstić information content (AvgIpc) is 2.47. The topological polar surface area (TPSA) is 43.4 Å². The average molecular weight is 288 g/mol. The van der Waals surface area contributed by atoms with E-state index in [0.29, 0.717) is 23.0 Å². The molecule has 0 amide bonds. The van der Waals surface area contributed by atoms with Crippen LogP contribution in [0.15, 0.2) is 48.5 Å². The highest BCUT2D eigenvalue weighted by Gasteiger charge is 2.16. The van der Waals surface area contributed by atoms with Crippen LogP contribution in [0.4, 0.5) is 0 Å². The molecule has 2 rings (SSSR count). The Bertz CT molecular complexity index is 632. The predicted molar refractivity (Wildman–Crippen MR) is 81.3 cm³/mol. The summed E-state index contributed by atoms with van der Waals surface area (Å²) >= 11 is 0. The molecule has 2 aromatic rings. The molecule has 0 aliphatic rings. The normalized spacial score (nSPS) is 12.1. The van der Waals surface area contributed by atoms with Crippen LogP contribution >= 0.6 is 8.03 Å². The summed E-state index contributed by atoms with van der Waals surface area (Å²) in [6, 6.07) is 14.3. The second-order valence-electron chi connectivity index (χ2n) is 4.46. The van der Waals surface area contributed by atoms with Crippen molar-refractivity contribution in [2.45, 2.75) is 13.8 Å². The van der Waals surface area contributed by atoms with Crippen molar-refractivity contribution in [1.82, 2.24) is 0 Å². The van der Waals surface area contributed by atoms with Gasteiger partial charge in [-0.05, 0) is 19.9 Å². The van der Waals surface area contributed by atoms with E-state index in [4.69, 9.17) is 4.52 Å². The number of hydrogen-bond acceptors (Lipinski definition) is 3. The zero-order chi connectivity index (χ0) is 14.5. The summed E-state index contributed by atoms with van der Waals surface area (Å²) in [6.07, 6.45) is 0. The molecule has 1 atom stereocenters. The van der Waals surface area contributed by atoms with E-state index in [0.717, 1.165) is 5.56 Å². The molecule has 104 valence electrons. The van der Waals surface area contributed by atoms with E-state index < -0.39 is 8.03 Å². The molecular weight excluding hydrogens is 271 g/mol. The van der Waals surface area contributed by atoms with Crippen molar-refractivity contribution in [2.24, 2.45) is 0 Å². The lowest BCUT2D eigenvalue weighted by molar-refractivity contribution is 0.103. The van der Waals surface area contributed by atoms with Crippen molar-refractivity contribution in [1.29, 1.82) is 0 Å². The third-order valence-corrected chi connectivity index (χ3v) is 4.41. The number of benzene rings is 2. The maximum absolute atomic E-state index is 12.5. The number of carbonyl (C=O) groups excluding carboxylic acids is 1. The summed E-state index contributed by atoms with van der Waals surface area (Å²) in [5, 5.41) is 0.491. The molecule has 20 heavy (non-hydrogen) atoms. The minimum absolute atomic E-state index is 0.126. The summed E-state index contributed by atoms with van der Waals surface area (Å²) in [6.45, 7) is 4.12. The molecule has 1 unspecified atom stereocenters. The minimum atomic E-state index is -2.38. The summed E-state index contributed by atoms with van der Waals surface area (Å²) in [7, 11) is -2.38. The van der Waals surface area contributed by atoms with Gasteiger partial charge in [0.15, 0.2) is 5.78 Å². The molecule has 0 aromatic heterocycles. The van der Waals surface area contributed by atoms with E-state index in [1.54, 1.807) is 43.3 Å². The maximum Gasteiger partial charge on any atom is 0.221 e. The Morgan fingerprint density at radius 3 is 2.40 bits per heavy atom. The Hall–Kier alpha value is -1.70. The van der Waals surface area contributed by atoms with Gasteiger partial charge in [0.25, 0.3) is 0 Å². The fourth-order valence-corrected chi connectivity index (χ4v) is 3.00. The van der Waals surface area contributed by atoms with Crippen LogP contribution in [0, 0.1) is 6.92 Å². The zero-order valence-corrected chi connectivity index (χ0v) is 12.6. The van der Waals surface area contributed by atoms with Crippen molar-refractivity contribution in [3.63, 3.8) is 0 Å². The fraction of sp³-hybridized carbons (Fsp3) is 0.188. The van der Waals surface area contributed by atoms with Crippen LogP contribution in [0.25, 0.3) is 0 Å². The Labute approximate surface area is 119 Å². The smallest absolute Gasteiger partial charge is 0.221 e. The van der Waals surface area contributed by atoms with Gasteiger partial charge in [-0.25, -0.2) is 0 Å². The molecule has 2 aromatic carbocycles. The molecule has 0 N–H and O–H groups in total. The first-order chi connectivity index (χ1) is 9.63. The molecule has 0 saturated carbocycles. The first kappa shape index (κ1) is 14.7. The van der Waals surface area contributed by atoms with Crippen LogP contribution in [0.5, 0.6) is 0 Å². The van der Waals surface area contributed by atoms with Gasteiger partial charge in [0, 0.05) is 16.4 Å². The van der Waals surface area contributed by atoms with Crippen molar-refractivity contribution >= 4 is 19.1 Å². The van der Waals surface area contributed by atoms with Crippen LogP contribution in [0.3, 0.4) is 0 Å². The van der Waals surface area contributed by atoms with Crippen LogP contribution in [-0.2, 0) is 9.09 Å². The second-order valence-corrected chi connectivity index (χ2v) is 5.86. The number of aryl methyl sites for hydroxylation is 1.